The van der Waals surface area contributed by atoms with Gasteiger partial charge in [-0.1, -0.05) is 6.07 Å². The Kier molecular flexibility index (Phi) is 10.1. The first kappa shape index (κ1) is 22.5. The smallest absolute Gasteiger partial charge is 0.356 e. The van der Waals surface area contributed by atoms with E-state index in [1.165, 1.54) is 4.88 Å². The van der Waals surface area contributed by atoms with Crippen molar-refractivity contribution in [3.8, 4) is 0 Å². The molecule has 0 bridgehead atoms. The molecule has 25 heavy (non-hydrogen) atoms. The minimum Gasteiger partial charge on any atom is -0.356 e. The maximum absolute atomic E-state index is 12.2. The molecule has 1 aliphatic heterocycles. The zero-order valence-corrected chi connectivity index (χ0v) is 17.5. The normalized spacial score (nSPS) is 19.4. The Bertz CT molecular complexity index is 508. The molecule has 0 aliphatic carbocycles. The summed E-state index contributed by atoms with van der Waals surface area (Å²) in [6.45, 7) is 3.66. The summed E-state index contributed by atoms with van der Waals surface area (Å²) in [6, 6.07) is 4.22. The molecule has 2 heterocycles. The van der Waals surface area contributed by atoms with Crippen LogP contribution in [0.3, 0.4) is 0 Å². The number of likely N-dealkylation sites (tertiary alicyclic amines) is 1. The summed E-state index contributed by atoms with van der Waals surface area (Å²) in [5.74, 6) is 0.925. The van der Waals surface area contributed by atoms with Crippen LogP contribution in [0.2, 0.25) is 0 Å². The number of rotatable bonds is 6. The highest BCUT2D eigenvalue weighted by Crippen LogP contribution is 2.20. The molecule has 1 aromatic heterocycles. The summed E-state index contributed by atoms with van der Waals surface area (Å²) < 4.78 is 36.5. The monoisotopic (exact) mass is 490 g/mol. The molecule has 0 saturated carbocycles. The average molecular weight is 490 g/mol. The molecular formula is C16H26F3IN4S. The number of piperidine rings is 1. The van der Waals surface area contributed by atoms with Gasteiger partial charge in [0.1, 0.15) is 0 Å². The fourth-order valence-corrected chi connectivity index (χ4v) is 3.61. The minimum atomic E-state index is -4.14. The quantitative estimate of drug-likeness (QED) is 0.363. The topological polar surface area (TPSA) is 39.7 Å². The van der Waals surface area contributed by atoms with Crippen molar-refractivity contribution in [2.24, 2.45) is 10.9 Å². The second kappa shape index (κ2) is 11.2. The molecular weight excluding hydrogens is 464 g/mol. The molecule has 1 unspecified atom stereocenters. The van der Waals surface area contributed by atoms with Crippen molar-refractivity contribution in [2.45, 2.75) is 32.0 Å². The van der Waals surface area contributed by atoms with Gasteiger partial charge in [0.25, 0.3) is 0 Å². The molecule has 0 spiro atoms. The third-order valence-electron chi connectivity index (χ3n) is 4.05. The van der Waals surface area contributed by atoms with Gasteiger partial charge in [0.05, 0.1) is 6.42 Å². The lowest BCUT2D eigenvalue weighted by Gasteiger charge is -2.32. The van der Waals surface area contributed by atoms with E-state index in [2.05, 4.69) is 38.0 Å². The van der Waals surface area contributed by atoms with Crippen LogP contribution in [0.5, 0.6) is 0 Å². The standard InChI is InChI=1S/C16H25F3N4S.HI/c1-20-15(21-7-6-16(17,18)19)22-10-13-4-2-8-23(11-13)12-14-5-3-9-24-14;/h3,5,9,13H,2,4,6-8,10-12H2,1H3,(H2,20,21,22);1H. The predicted octanol–water partition coefficient (Wildman–Crippen LogP) is 3.70. The van der Waals surface area contributed by atoms with Crippen molar-refractivity contribution in [1.82, 2.24) is 15.5 Å². The molecule has 1 aliphatic rings. The molecule has 0 radical (unpaired) electrons. The van der Waals surface area contributed by atoms with Crippen LogP contribution in [0.25, 0.3) is 0 Å². The van der Waals surface area contributed by atoms with Crippen molar-refractivity contribution >= 4 is 41.3 Å². The number of hydrogen-bond donors (Lipinski definition) is 2. The molecule has 144 valence electrons. The first-order valence-corrected chi connectivity index (χ1v) is 9.10. The molecule has 1 atom stereocenters. The first-order valence-electron chi connectivity index (χ1n) is 8.22. The Morgan fingerprint density at radius 2 is 2.20 bits per heavy atom. The fraction of sp³-hybridized carbons (Fsp3) is 0.688. The lowest BCUT2D eigenvalue weighted by molar-refractivity contribution is -0.132. The number of thiophene rings is 1. The summed E-state index contributed by atoms with van der Waals surface area (Å²) in [5.41, 5.74) is 0. The highest BCUT2D eigenvalue weighted by Gasteiger charge is 2.26. The van der Waals surface area contributed by atoms with E-state index in [1.54, 1.807) is 18.4 Å². The Morgan fingerprint density at radius 3 is 2.84 bits per heavy atom. The Labute approximate surface area is 168 Å². The van der Waals surface area contributed by atoms with Gasteiger partial charge < -0.3 is 10.6 Å². The van der Waals surface area contributed by atoms with Gasteiger partial charge in [-0.05, 0) is 36.8 Å². The number of nitrogens with one attached hydrogen (secondary N) is 2. The summed E-state index contributed by atoms with van der Waals surface area (Å²) in [6.07, 6.45) is -2.71. The summed E-state index contributed by atoms with van der Waals surface area (Å²) >= 11 is 1.77. The lowest BCUT2D eigenvalue weighted by atomic mass is 9.98. The number of halogens is 4. The van der Waals surface area contributed by atoms with Crippen molar-refractivity contribution in [1.29, 1.82) is 0 Å². The third kappa shape index (κ3) is 9.09. The van der Waals surface area contributed by atoms with Crippen LogP contribution in [0.1, 0.15) is 24.1 Å². The third-order valence-corrected chi connectivity index (χ3v) is 4.91. The molecule has 2 N–H and O–H groups in total. The second-order valence-electron chi connectivity index (χ2n) is 6.07. The molecule has 0 aromatic carbocycles. The number of hydrogen-bond acceptors (Lipinski definition) is 3. The number of aliphatic imine (C=N–C) groups is 1. The van der Waals surface area contributed by atoms with Crippen LogP contribution < -0.4 is 10.6 Å². The van der Waals surface area contributed by atoms with Crippen LogP contribution in [-0.2, 0) is 6.54 Å². The van der Waals surface area contributed by atoms with Gasteiger partial charge in [-0.15, -0.1) is 35.3 Å². The van der Waals surface area contributed by atoms with Gasteiger partial charge in [-0.2, -0.15) is 13.2 Å². The minimum absolute atomic E-state index is 0. The van der Waals surface area contributed by atoms with E-state index >= 15 is 0 Å². The predicted molar refractivity (Wildman–Crippen MR) is 108 cm³/mol. The summed E-state index contributed by atoms with van der Waals surface area (Å²) in [7, 11) is 1.58. The van der Waals surface area contributed by atoms with E-state index in [9.17, 15) is 13.2 Å². The van der Waals surface area contributed by atoms with Gasteiger partial charge in [0.2, 0.25) is 0 Å². The van der Waals surface area contributed by atoms with Gasteiger partial charge in [0.15, 0.2) is 5.96 Å². The van der Waals surface area contributed by atoms with E-state index in [1.807, 2.05) is 0 Å². The number of nitrogens with zero attached hydrogens (tertiary/aromatic N) is 2. The lowest BCUT2D eigenvalue weighted by Crippen LogP contribution is -2.44. The van der Waals surface area contributed by atoms with Gasteiger partial charge in [0, 0.05) is 38.1 Å². The molecule has 4 nitrogen and oxygen atoms in total. The molecule has 1 aromatic rings. The van der Waals surface area contributed by atoms with Gasteiger partial charge in [-0.25, -0.2) is 0 Å². The highest BCUT2D eigenvalue weighted by molar-refractivity contribution is 14.0. The van der Waals surface area contributed by atoms with Crippen LogP contribution in [-0.4, -0.2) is 50.3 Å². The molecule has 9 heteroatoms. The molecule has 2 rings (SSSR count). The van der Waals surface area contributed by atoms with E-state index in [4.69, 9.17) is 0 Å². The Balaban J connectivity index is 0.00000312. The van der Waals surface area contributed by atoms with Crippen molar-refractivity contribution < 1.29 is 13.2 Å². The summed E-state index contributed by atoms with van der Waals surface area (Å²) in [4.78, 5) is 7.80. The maximum Gasteiger partial charge on any atom is 0.390 e. The van der Waals surface area contributed by atoms with Crippen molar-refractivity contribution in [3.63, 3.8) is 0 Å². The van der Waals surface area contributed by atoms with Crippen LogP contribution in [0.15, 0.2) is 22.5 Å². The number of guanidine groups is 1. The van der Waals surface area contributed by atoms with E-state index < -0.39 is 12.6 Å². The largest absolute Gasteiger partial charge is 0.390 e. The zero-order valence-electron chi connectivity index (χ0n) is 14.3. The van der Waals surface area contributed by atoms with Crippen LogP contribution in [0, 0.1) is 5.92 Å². The first-order chi connectivity index (χ1) is 11.5. The SMILES string of the molecule is CN=C(NCCC(F)(F)F)NCC1CCCN(Cc2cccs2)C1.I. The highest BCUT2D eigenvalue weighted by atomic mass is 127. The van der Waals surface area contributed by atoms with Crippen LogP contribution >= 0.6 is 35.3 Å². The Hall–Kier alpha value is -0.550. The van der Waals surface area contributed by atoms with E-state index in [0.717, 1.165) is 39.0 Å². The van der Waals surface area contributed by atoms with Gasteiger partial charge >= 0.3 is 6.18 Å². The maximum atomic E-state index is 12.2. The van der Waals surface area contributed by atoms with Crippen molar-refractivity contribution in [2.75, 3.05) is 33.2 Å². The van der Waals surface area contributed by atoms with E-state index in [0.29, 0.717) is 11.9 Å². The van der Waals surface area contributed by atoms with Crippen molar-refractivity contribution in [3.05, 3.63) is 22.4 Å². The molecule has 1 fully saturated rings. The van der Waals surface area contributed by atoms with Crippen LogP contribution in [0.4, 0.5) is 13.2 Å². The van der Waals surface area contributed by atoms with Gasteiger partial charge in [-0.3, -0.25) is 9.89 Å². The average Bonchev–Trinajstić information content (AvgIpc) is 3.03. The molecule has 1 saturated heterocycles. The fourth-order valence-electron chi connectivity index (χ4n) is 2.87. The van der Waals surface area contributed by atoms with E-state index in [-0.39, 0.29) is 30.5 Å². The molecule has 0 amide bonds. The second-order valence-corrected chi connectivity index (χ2v) is 7.10. The zero-order chi connectivity index (χ0) is 17.4. The number of alkyl halides is 3. The summed E-state index contributed by atoms with van der Waals surface area (Å²) in [5, 5.41) is 7.96. The Morgan fingerprint density at radius 1 is 1.40 bits per heavy atom.